The Kier molecular flexibility index (Phi) is 6.45. The first kappa shape index (κ1) is 21.1. The predicted octanol–water partition coefficient (Wildman–Crippen LogP) is 3.36. The SMILES string of the molecule is CC(C)CCC1(C)NC(=O)N(CC(=O)Nc2ccc(N3CCCCC3)cc2)C1=O. The van der Waals surface area contributed by atoms with Gasteiger partial charge in [0.2, 0.25) is 5.91 Å². The molecular formula is C22H32N4O3. The van der Waals surface area contributed by atoms with Crippen LogP contribution in [0.25, 0.3) is 0 Å². The number of anilines is 2. The van der Waals surface area contributed by atoms with E-state index in [0.29, 0.717) is 18.0 Å². The number of nitrogens with one attached hydrogen (secondary N) is 2. The molecule has 1 unspecified atom stereocenters. The number of urea groups is 1. The fourth-order valence-corrected chi connectivity index (χ4v) is 3.89. The highest BCUT2D eigenvalue weighted by Gasteiger charge is 2.47. The van der Waals surface area contributed by atoms with Crippen molar-refractivity contribution in [2.24, 2.45) is 5.92 Å². The van der Waals surface area contributed by atoms with Crippen molar-refractivity contribution in [2.75, 3.05) is 29.9 Å². The summed E-state index contributed by atoms with van der Waals surface area (Å²) >= 11 is 0. The smallest absolute Gasteiger partial charge is 0.325 e. The van der Waals surface area contributed by atoms with Crippen LogP contribution in [0.4, 0.5) is 16.2 Å². The molecule has 7 heteroatoms. The normalized spacial score (nSPS) is 22.2. The zero-order valence-corrected chi connectivity index (χ0v) is 17.7. The zero-order chi connectivity index (χ0) is 21.0. The van der Waals surface area contributed by atoms with Crippen LogP contribution in [0, 0.1) is 5.92 Å². The topological polar surface area (TPSA) is 81.8 Å². The van der Waals surface area contributed by atoms with Crippen molar-refractivity contribution in [1.82, 2.24) is 10.2 Å². The van der Waals surface area contributed by atoms with E-state index in [4.69, 9.17) is 0 Å². The quantitative estimate of drug-likeness (QED) is 0.688. The van der Waals surface area contributed by atoms with Crippen molar-refractivity contribution in [3.63, 3.8) is 0 Å². The van der Waals surface area contributed by atoms with Gasteiger partial charge in [-0.25, -0.2) is 4.79 Å². The van der Waals surface area contributed by atoms with Crippen LogP contribution in [0.1, 0.15) is 52.9 Å². The first-order chi connectivity index (χ1) is 13.8. The van der Waals surface area contributed by atoms with Crippen molar-refractivity contribution in [3.05, 3.63) is 24.3 Å². The number of hydrogen-bond donors (Lipinski definition) is 2. The maximum Gasteiger partial charge on any atom is 0.325 e. The maximum absolute atomic E-state index is 12.7. The van der Waals surface area contributed by atoms with Gasteiger partial charge in [0.1, 0.15) is 12.1 Å². The molecule has 0 spiro atoms. The summed E-state index contributed by atoms with van der Waals surface area (Å²) in [4.78, 5) is 40.8. The third-order valence-corrected chi connectivity index (χ3v) is 5.74. The van der Waals surface area contributed by atoms with Gasteiger partial charge < -0.3 is 15.5 Å². The van der Waals surface area contributed by atoms with Gasteiger partial charge in [-0.3, -0.25) is 14.5 Å². The number of nitrogens with zero attached hydrogens (tertiary/aromatic N) is 2. The molecule has 158 valence electrons. The van der Waals surface area contributed by atoms with E-state index in [1.807, 2.05) is 24.3 Å². The van der Waals surface area contributed by atoms with Crippen LogP contribution in [0.2, 0.25) is 0 Å². The Labute approximate surface area is 172 Å². The van der Waals surface area contributed by atoms with Crippen molar-refractivity contribution >= 4 is 29.2 Å². The molecule has 2 fully saturated rings. The number of rotatable bonds is 7. The minimum atomic E-state index is -0.933. The molecule has 1 aromatic rings. The lowest BCUT2D eigenvalue weighted by atomic mass is 9.92. The molecule has 1 atom stereocenters. The molecule has 1 aromatic carbocycles. The first-order valence-corrected chi connectivity index (χ1v) is 10.6. The van der Waals surface area contributed by atoms with E-state index in [-0.39, 0.29) is 18.4 Å². The van der Waals surface area contributed by atoms with Gasteiger partial charge in [0.05, 0.1) is 0 Å². The minimum absolute atomic E-state index is 0.282. The fraction of sp³-hybridized carbons (Fsp3) is 0.591. The second kappa shape index (κ2) is 8.84. The van der Waals surface area contributed by atoms with Gasteiger partial charge in [0.15, 0.2) is 0 Å². The third-order valence-electron chi connectivity index (χ3n) is 5.74. The number of piperidine rings is 1. The summed E-state index contributed by atoms with van der Waals surface area (Å²) < 4.78 is 0. The Morgan fingerprint density at radius 3 is 2.41 bits per heavy atom. The lowest BCUT2D eigenvalue weighted by Gasteiger charge is -2.28. The maximum atomic E-state index is 12.7. The van der Waals surface area contributed by atoms with Crippen molar-refractivity contribution in [1.29, 1.82) is 0 Å². The number of carbonyl (C=O) groups is 3. The van der Waals surface area contributed by atoms with Gasteiger partial charge in [0, 0.05) is 24.5 Å². The van der Waals surface area contributed by atoms with Crippen LogP contribution in [0.3, 0.4) is 0 Å². The van der Waals surface area contributed by atoms with Crippen LogP contribution in [-0.2, 0) is 9.59 Å². The van der Waals surface area contributed by atoms with Crippen molar-refractivity contribution in [3.8, 4) is 0 Å². The molecule has 2 aliphatic heterocycles. The Morgan fingerprint density at radius 2 is 1.79 bits per heavy atom. The Bertz CT molecular complexity index is 756. The van der Waals surface area contributed by atoms with Gasteiger partial charge in [-0.1, -0.05) is 13.8 Å². The van der Waals surface area contributed by atoms with Gasteiger partial charge in [0.25, 0.3) is 5.91 Å². The van der Waals surface area contributed by atoms with Crippen LogP contribution in [0.5, 0.6) is 0 Å². The molecule has 0 aliphatic carbocycles. The number of benzene rings is 1. The Morgan fingerprint density at radius 1 is 1.14 bits per heavy atom. The van der Waals surface area contributed by atoms with E-state index in [0.717, 1.165) is 30.1 Å². The Balaban J connectivity index is 1.56. The average Bonchev–Trinajstić information content (AvgIpc) is 2.91. The molecule has 2 N–H and O–H groups in total. The summed E-state index contributed by atoms with van der Waals surface area (Å²) in [5, 5.41) is 5.54. The summed E-state index contributed by atoms with van der Waals surface area (Å²) in [7, 11) is 0. The van der Waals surface area contributed by atoms with E-state index in [2.05, 4.69) is 29.4 Å². The second-order valence-corrected chi connectivity index (χ2v) is 8.73. The largest absolute Gasteiger partial charge is 0.372 e. The molecule has 0 radical (unpaired) electrons. The number of imide groups is 1. The lowest BCUT2D eigenvalue weighted by Crippen LogP contribution is -2.44. The summed E-state index contributed by atoms with van der Waals surface area (Å²) in [6.07, 6.45) is 5.09. The van der Waals surface area contributed by atoms with Crippen molar-refractivity contribution < 1.29 is 14.4 Å². The summed E-state index contributed by atoms with van der Waals surface area (Å²) in [5.41, 5.74) is 0.876. The zero-order valence-electron chi connectivity index (χ0n) is 17.7. The minimum Gasteiger partial charge on any atom is -0.372 e. The fourth-order valence-electron chi connectivity index (χ4n) is 3.89. The van der Waals surface area contributed by atoms with E-state index >= 15 is 0 Å². The number of carbonyl (C=O) groups excluding carboxylic acids is 3. The van der Waals surface area contributed by atoms with E-state index < -0.39 is 11.6 Å². The first-order valence-electron chi connectivity index (χ1n) is 10.6. The molecule has 2 aliphatic rings. The van der Waals surface area contributed by atoms with E-state index in [1.165, 1.54) is 19.3 Å². The molecule has 3 rings (SSSR count). The van der Waals surface area contributed by atoms with Crippen molar-refractivity contribution in [2.45, 2.75) is 58.4 Å². The molecule has 2 saturated heterocycles. The highest BCUT2D eigenvalue weighted by molar-refractivity contribution is 6.09. The third kappa shape index (κ3) is 5.08. The predicted molar refractivity (Wildman–Crippen MR) is 114 cm³/mol. The summed E-state index contributed by atoms with van der Waals surface area (Å²) in [5.74, 6) is -0.284. The summed E-state index contributed by atoms with van der Waals surface area (Å²) in [6, 6.07) is 7.22. The molecule has 7 nitrogen and oxygen atoms in total. The molecular weight excluding hydrogens is 368 g/mol. The van der Waals surface area contributed by atoms with Crippen LogP contribution >= 0.6 is 0 Å². The molecule has 0 bridgehead atoms. The highest BCUT2D eigenvalue weighted by atomic mass is 16.2. The Hall–Kier alpha value is -2.57. The summed E-state index contributed by atoms with van der Waals surface area (Å²) in [6.45, 7) is 7.72. The van der Waals surface area contributed by atoms with Gasteiger partial charge in [-0.05, 0) is 69.2 Å². The number of amides is 4. The molecule has 0 aromatic heterocycles. The molecule has 4 amide bonds. The molecule has 0 saturated carbocycles. The number of hydrogen-bond acceptors (Lipinski definition) is 4. The molecule has 29 heavy (non-hydrogen) atoms. The average molecular weight is 401 g/mol. The monoisotopic (exact) mass is 400 g/mol. The van der Waals surface area contributed by atoms with Gasteiger partial charge >= 0.3 is 6.03 Å². The van der Waals surface area contributed by atoms with E-state index in [1.54, 1.807) is 6.92 Å². The van der Waals surface area contributed by atoms with Crippen LogP contribution < -0.4 is 15.5 Å². The van der Waals surface area contributed by atoms with Gasteiger partial charge in [-0.2, -0.15) is 0 Å². The highest BCUT2D eigenvalue weighted by Crippen LogP contribution is 2.25. The lowest BCUT2D eigenvalue weighted by molar-refractivity contribution is -0.133. The van der Waals surface area contributed by atoms with Crippen LogP contribution in [-0.4, -0.2) is 47.9 Å². The standard InChI is InChI=1S/C22H32N4O3/c1-16(2)11-12-22(3)20(28)26(21(29)24-22)15-19(27)23-17-7-9-18(10-8-17)25-13-5-4-6-14-25/h7-10,16H,4-6,11-15H2,1-3H3,(H,23,27)(H,24,29). The van der Waals surface area contributed by atoms with E-state index in [9.17, 15) is 14.4 Å². The van der Waals surface area contributed by atoms with Crippen LogP contribution in [0.15, 0.2) is 24.3 Å². The molecule has 2 heterocycles. The van der Waals surface area contributed by atoms with Gasteiger partial charge in [-0.15, -0.1) is 0 Å². The second-order valence-electron chi connectivity index (χ2n) is 8.73.